The first-order valence-electron chi connectivity index (χ1n) is 5.42. The van der Waals surface area contributed by atoms with Crippen molar-refractivity contribution in [1.29, 1.82) is 0 Å². The van der Waals surface area contributed by atoms with E-state index in [-0.39, 0.29) is 0 Å². The molecule has 0 heterocycles. The van der Waals surface area contributed by atoms with Crippen molar-refractivity contribution < 1.29 is 8.78 Å². The molecule has 1 unspecified atom stereocenters. The van der Waals surface area contributed by atoms with E-state index in [9.17, 15) is 8.78 Å². The lowest BCUT2D eigenvalue weighted by Gasteiger charge is -2.27. The highest BCUT2D eigenvalue weighted by atomic mass is 35.5. The van der Waals surface area contributed by atoms with Crippen LogP contribution < -0.4 is 5.73 Å². The van der Waals surface area contributed by atoms with Crippen molar-refractivity contribution in [3.05, 3.63) is 70.2 Å². The average molecular weight is 268 g/mol. The molecule has 2 aromatic rings. The normalized spacial score (nSPS) is 14.3. The SMILES string of the molecule is CC(N)(c1cc(F)cc(F)c1)c1ccccc1Cl. The van der Waals surface area contributed by atoms with E-state index in [0.717, 1.165) is 6.07 Å². The van der Waals surface area contributed by atoms with Gasteiger partial charge < -0.3 is 5.73 Å². The topological polar surface area (TPSA) is 26.0 Å². The largest absolute Gasteiger partial charge is 0.318 e. The smallest absolute Gasteiger partial charge is 0.126 e. The maximum absolute atomic E-state index is 13.2. The van der Waals surface area contributed by atoms with Crippen LogP contribution in [-0.4, -0.2) is 0 Å². The van der Waals surface area contributed by atoms with Gasteiger partial charge in [-0.15, -0.1) is 0 Å². The maximum atomic E-state index is 13.2. The van der Waals surface area contributed by atoms with E-state index < -0.39 is 17.2 Å². The Morgan fingerprint density at radius 2 is 1.61 bits per heavy atom. The number of nitrogens with two attached hydrogens (primary N) is 1. The minimum atomic E-state index is -1.05. The van der Waals surface area contributed by atoms with Crippen LogP contribution in [-0.2, 0) is 5.54 Å². The monoisotopic (exact) mass is 267 g/mol. The fraction of sp³-hybridized carbons (Fsp3) is 0.143. The molecule has 0 aliphatic carbocycles. The van der Waals surface area contributed by atoms with Crippen molar-refractivity contribution in [3.8, 4) is 0 Å². The number of benzene rings is 2. The highest BCUT2D eigenvalue weighted by Crippen LogP contribution is 2.32. The molecule has 2 aromatic carbocycles. The second kappa shape index (κ2) is 4.67. The third kappa shape index (κ3) is 2.37. The Morgan fingerprint density at radius 3 is 2.17 bits per heavy atom. The summed E-state index contributed by atoms with van der Waals surface area (Å²) >= 11 is 6.07. The second-order valence-corrected chi connectivity index (χ2v) is 4.75. The van der Waals surface area contributed by atoms with E-state index in [1.54, 1.807) is 31.2 Å². The minimum absolute atomic E-state index is 0.341. The summed E-state index contributed by atoms with van der Waals surface area (Å²) in [6.45, 7) is 1.67. The fourth-order valence-corrected chi connectivity index (χ4v) is 2.22. The molecule has 1 atom stereocenters. The summed E-state index contributed by atoms with van der Waals surface area (Å²) in [5.74, 6) is -1.32. The summed E-state index contributed by atoms with van der Waals surface area (Å²) in [6, 6.07) is 10.2. The molecule has 0 saturated heterocycles. The number of hydrogen-bond acceptors (Lipinski definition) is 1. The average Bonchev–Trinajstić information content (AvgIpc) is 2.28. The predicted octanol–water partition coefficient (Wildman–Crippen LogP) is 3.84. The van der Waals surface area contributed by atoms with Gasteiger partial charge in [0.25, 0.3) is 0 Å². The summed E-state index contributed by atoms with van der Waals surface area (Å²) < 4.78 is 26.5. The molecule has 0 bridgehead atoms. The van der Waals surface area contributed by atoms with Crippen molar-refractivity contribution in [3.63, 3.8) is 0 Å². The fourth-order valence-electron chi connectivity index (χ4n) is 1.89. The molecular formula is C14H12ClF2N. The molecule has 0 aliphatic heterocycles. The Morgan fingerprint density at radius 1 is 1.06 bits per heavy atom. The third-order valence-electron chi connectivity index (χ3n) is 2.90. The molecule has 18 heavy (non-hydrogen) atoms. The lowest BCUT2D eigenvalue weighted by atomic mass is 9.85. The van der Waals surface area contributed by atoms with Crippen molar-refractivity contribution in [2.75, 3.05) is 0 Å². The summed E-state index contributed by atoms with van der Waals surface area (Å²) in [6.07, 6.45) is 0. The molecule has 0 radical (unpaired) electrons. The van der Waals surface area contributed by atoms with Crippen LogP contribution in [0, 0.1) is 11.6 Å². The van der Waals surface area contributed by atoms with Crippen LogP contribution in [0.4, 0.5) is 8.78 Å². The Balaban J connectivity index is 2.57. The minimum Gasteiger partial charge on any atom is -0.318 e. The number of rotatable bonds is 2. The van der Waals surface area contributed by atoms with Crippen molar-refractivity contribution in [2.24, 2.45) is 5.73 Å². The van der Waals surface area contributed by atoms with Crippen molar-refractivity contribution in [2.45, 2.75) is 12.5 Å². The molecule has 0 aliphatic rings. The Labute approximate surface area is 109 Å². The Bertz CT molecular complexity index is 562. The molecule has 0 aromatic heterocycles. The number of hydrogen-bond donors (Lipinski definition) is 1. The van der Waals surface area contributed by atoms with Gasteiger partial charge in [-0.25, -0.2) is 8.78 Å². The summed E-state index contributed by atoms with van der Waals surface area (Å²) in [4.78, 5) is 0. The highest BCUT2D eigenvalue weighted by molar-refractivity contribution is 6.31. The zero-order chi connectivity index (χ0) is 13.3. The van der Waals surface area contributed by atoms with Gasteiger partial charge in [-0.05, 0) is 36.2 Å². The van der Waals surface area contributed by atoms with Crippen LogP contribution in [0.3, 0.4) is 0 Å². The van der Waals surface area contributed by atoms with Gasteiger partial charge in [0.05, 0.1) is 5.54 Å². The zero-order valence-corrected chi connectivity index (χ0v) is 10.5. The molecule has 0 amide bonds. The maximum Gasteiger partial charge on any atom is 0.126 e. The lowest BCUT2D eigenvalue weighted by Crippen LogP contribution is -2.34. The number of halogens is 3. The first kappa shape index (κ1) is 13.0. The van der Waals surface area contributed by atoms with Gasteiger partial charge in [0.1, 0.15) is 11.6 Å². The molecule has 94 valence electrons. The van der Waals surface area contributed by atoms with Gasteiger partial charge >= 0.3 is 0 Å². The third-order valence-corrected chi connectivity index (χ3v) is 3.23. The summed E-state index contributed by atoms with van der Waals surface area (Å²) in [7, 11) is 0. The molecule has 2 rings (SSSR count). The van der Waals surface area contributed by atoms with Crippen LogP contribution in [0.1, 0.15) is 18.1 Å². The van der Waals surface area contributed by atoms with E-state index in [0.29, 0.717) is 16.1 Å². The standard InChI is InChI=1S/C14H12ClF2N/c1-14(18,12-4-2-3-5-13(12)15)9-6-10(16)8-11(17)7-9/h2-8H,18H2,1H3. The van der Waals surface area contributed by atoms with Gasteiger partial charge in [-0.1, -0.05) is 29.8 Å². The van der Waals surface area contributed by atoms with Gasteiger partial charge in [-0.2, -0.15) is 0 Å². The molecule has 0 spiro atoms. The van der Waals surface area contributed by atoms with Crippen molar-refractivity contribution >= 4 is 11.6 Å². The van der Waals surface area contributed by atoms with Gasteiger partial charge in [0, 0.05) is 11.1 Å². The quantitative estimate of drug-likeness (QED) is 0.879. The lowest BCUT2D eigenvalue weighted by molar-refractivity contribution is 0.550. The van der Waals surface area contributed by atoms with Crippen LogP contribution in [0.15, 0.2) is 42.5 Å². The Kier molecular flexibility index (Phi) is 3.37. The van der Waals surface area contributed by atoms with E-state index in [1.807, 2.05) is 0 Å². The zero-order valence-electron chi connectivity index (χ0n) is 9.75. The first-order chi connectivity index (χ1) is 8.41. The highest BCUT2D eigenvalue weighted by Gasteiger charge is 2.27. The predicted molar refractivity (Wildman–Crippen MR) is 68.5 cm³/mol. The van der Waals surface area contributed by atoms with E-state index >= 15 is 0 Å². The molecule has 0 fully saturated rings. The first-order valence-corrected chi connectivity index (χ1v) is 5.79. The van der Waals surface area contributed by atoms with Crippen molar-refractivity contribution in [1.82, 2.24) is 0 Å². The summed E-state index contributed by atoms with van der Waals surface area (Å²) in [5, 5.41) is 0.465. The van der Waals surface area contributed by atoms with Gasteiger partial charge in [0.15, 0.2) is 0 Å². The van der Waals surface area contributed by atoms with E-state index in [4.69, 9.17) is 17.3 Å². The van der Waals surface area contributed by atoms with Gasteiger partial charge in [-0.3, -0.25) is 0 Å². The van der Waals surface area contributed by atoms with Crippen LogP contribution in [0.2, 0.25) is 5.02 Å². The molecular weight excluding hydrogens is 256 g/mol. The van der Waals surface area contributed by atoms with E-state index in [2.05, 4.69) is 0 Å². The molecule has 2 N–H and O–H groups in total. The second-order valence-electron chi connectivity index (χ2n) is 4.34. The van der Waals surface area contributed by atoms with Crippen LogP contribution >= 0.6 is 11.6 Å². The molecule has 1 nitrogen and oxygen atoms in total. The Hall–Kier alpha value is -1.45. The molecule has 0 saturated carbocycles. The summed E-state index contributed by atoms with van der Waals surface area (Å²) in [5.41, 5.74) is 6.09. The van der Waals surface area contributed by atoms with Crippen LogP contribution in [0.25, 0.3) is 0 Å². The van der Waals surface area contributed by atoms with Gasteiger partial charge in [0.2, 0.25) is 0 Å². The van der Waals surface area contributed by atoms with E-state index in [1.165, 1.54) is 12.1 Å². The molecule has 4 heteroatoms. The van der Waals surface area contributed by atoms with Crippen LogP contribution in [0.5, 0.6) is 0 Å².